The summed E-state index contributed by atoms with van der Waals surface area (Å²) >= 11 is 0. The Morgan fingerprint density at radius 3 is 2.60 bits per heavy atom. The fourth-order valence-electron chi connectivity index (χ4n) is 1.07. The van der Waals surface area contributed by atoms with Crippen LogP contribution < -0.4 is 4.74 Å². The third kappa shape index (κ3) is 3.74. The first-order chi connectivity index (χ1) is 7.26. The van der Waals surface area contributed by atoms with Crippen LogP contribution in [0.25, 0.3) is 0 Å². The molecule has 0 amide bonds. The number of hydrogen-bond donors (Lipinski definition) is 0. The quantitative estimate of drug-likeness (QED) is 0.549. The molecule has 3 heteroatoms. The number of benzene rings is 1. The number of rotatable bonds is 4. The molecular formula is C12H12O3. The van der Waals surface area contributed by atoms with E-state index in [-0.39, 0.29) is 19.0 Å². The fraction of sp³-hybridized carbons (Fsp3) is 0.250. The number of carbonyl (C=O) groups excluding carboxylic acids is 1. The van der Waals surface area contributed by atoms with Gasteiger partial charge < -0.3 is 9.47 Å². The fourth-order valence-corrected chi connectivity index (χ4v) is 1.07. The molecule has 0 atom stereocenters. The molecule has 0 fully saturated rings. The maximum Gasteiger partial charge on any atom is 0.309 e. The van der Waals surface area contributed by atoms with Gasteiger partial charge in [-0.2, -0.15) is 0 Å². The first kappa shape index (κ1) is 11.1. The first-order valence-electron chi connectivity index (χ1n) is 4.48. The molecule has 78 valence electrons. The molecule has 0 heterocycles. The normalized spacial score (nSPS) is 9.07. The molecule has 1 rings (SSSR count). The van der Waals surface area contributed by atoms with Gasteiger partial charge in [0.1, 0.15) is 12.4 Å². The van der Waals surface area contributed by atoms with Crippen molar-refractivity contribution >= 4 is 5.97 Å². The van der Waals surface area contributed by atoms with E-state index in [4.69, 9.17) is 11.2 Å². The van der Waals surface area contributed by atoms with Crippen molar-refractivity contribution in [1.29, 1.82) is 0 Å². The number of hydrogen-bond acceptors (Lipinski definition) is 3. The summed E-state index contributed by atoms with van der Waals surface area (Å²) in [5.41, 5.74) is 0.884. The Balaban J connectivity index is 2.57. The average Bonchev–Trinajstić information content (AvgIpc) is 2.28. The number of terminal acetylenes is 1. The summed E-state index contributed by atoms with van der Waals surface area (Å²) in [6, 6.07) is 7.16. The van der Waals surface area contributed by atoms with E-state index >= 15 is 0 Å². The van der Waals surface area contributed by atoms with Crippen molar-refractivity contribution < 1.29 is 14.3 Å². The van der Waals surface area contributed by atoms with Crippen LogP contribution in [0.4, 0.5) is 0 Å². The molecule has 0 aliphatic carbocycles. The van der Waals surface area contributed by atoms with Crippen molar-refractivity contribution in [1.82, 2.24) is 0 Å². The summed E-state index contributed by atoms with van der Waals surface area (Å²) in [7, 11) is 1.37. The van der Waals surface area contributed by atoms with Gasteiger partial charge in [-0.15, -0.1) is 6.42 Å². The molecule has 0 saturated carbocycles. The number of ether oxygens (including phenoxy) is 2. The Morgan fingerprint density at radius 2 is 2.07 bits per heavy atom. The van der Waals surface area contributed by atoms with E-state index in [1.165, 1.54) is 7.11 Å². The van der Waals surface area contributed by atoms with E-state index in [0.29, 0.717) is 5.75 Å². The minimum absolute atomic E-state index is 0.246. The van der Waals surface area contributed by atoms with Crippen LogP contribution in [-0.2, 0) is 16.0 Å². The highest BCUT2D eigenvalue weighted by atomic mass is 16.5. The molecule has 0 saturated heterocycles. The molecule has 0 N–H and O–H groups in total. The lowest BCUT2D eigenvalue weighted by molar-refractivity contribution is -0.139. The Hall–Kier alpha value is -1.95. The van der Waals surface area contributed by atoms with Gasteiger partial charge in [-0.1, -0.05) is 18.1 Å². The van der Waals surface area contributed by atoms with Gasteiger partial charge in [-0.25, -0.2) is 0 Å². The summed E-state index contributed by atoms with van der Waals surface area (Å²) in [6.07, 6.45) is 5.32. The van der Waals surface area contributed by atoms with E-state index in [0.717, 1.165) is 5.56 Å². The standard InChI is InChI=1S/C12H12O3/c1-3-8-15-11-6-4-10(5-7-11)9-12(13)14-2/h1,4-7H,8-9H2,2H3. The monoisotopic (exact) mass is 204 g/mol. The topological polar surface area (TPSA) is 35.5 Å². The van der Waals surface area contributed by atoms with Crippen LogP contribution in [0, 0.1) is 12.3 Å². The number of carbonyl (C=O) groups is 1. The minimum atomic E-state index is -0.257. The van der Waals surface area contributed by atoms with Gasteiger partial charge in [0.2, 0.25) is 0 Å². The maximum absolute atomic E-state index is 11.0. The predicted molar refractivity (Wildman–Crippen MR) is 56.5 cm³/mol. The average molecular weight is 204 g/mol. The lowest BCUT2D eigenvalue weighted by Gasteiger charge is -2.03. The Bertz CT molecular complexity index is 359. The number of methoxy groups -OCH3 is 1. The summed E-state index contributed by atoms with van der Waals surface area (Å²) in [4.78, 5) is 11.0. The molecule has 0 bridgehead atoms. The van der Waals surface area contributed by atoms with Gasteiger partial charge in [0.25, 0.3) is 0 Å². The highest BCUT2D eigenvalue weighted by Gasteiger charge is 2.02. The second kappa shape index (κ2) is 5.71. The molecular weight excluding hydrogens is 192 g/mol. The molecule has 0 aliphatic heterocycles. The van der Waals surface area contributed by atoms with Crippen LogP contribution in [0.2, 0.25) is 0 Å². The van der Waals surface area contributed by atoms with E-state index < -0.39 is 0 Å². The largest absolute Gasteiger partial charge is 0.481 e. The van der Waals surface area contributed by atoms with Crippen molar-refractivity contribution in [2.45, 2.75) is 6.42 Å². The zero-order valence-electron chi connectivity index (χ0n) is 8.53. The molecule has 0 spiro atoms. The summed E-state index contributed by atoms with van der Waals surface area (Å²) < 4.78 is 9.74. The second-order valence-corrected chi connectivity index (χ2v) is 2.89. The van der Waals surface area contributed by atoms with Gasteiger partial charge >= 0.3 is 5.97 Å². The van der Waals surface area contributed by atoms with Gasteiger partial charge in [-0.3, -0.25) is 4.79 Å². The van der Waals surface area contributed by atoms with Gasteiger partial charge in [0.15, 0.2) is 0 Å². The third-order valence-corrected chi connectivity index (χ3v) is 1.82. The van der Waals surface area contributed by atoms with Crippen LogP contribution in [0.1, 0.15) is 5.56 Å². The van der Waals surface area contributed by atoms with Crippen molar-refractivity contribution in [3.63, 3.8) is 0 Å². The van der Waals surface area contributed by atoms with Gasteiger partial charge in [-0.05, 0) is 17.7 Å². The van der Waals surface area contributed by atoms with Crippen molar-refractivity contribution in [3.8, 4) is 18.1 Å². The Labute approximate surface area is 89.0 Å². The summed E-state index contributed by atoms with van der Waals surface area (Å²) in [5, 5.41) is 0. The smallest absolute Gasteiger partial charge is 0.309 e. The molecule has 15 heavy (non-hydrogen) atoms. The zero-order chi connectivity index (χ0) is 11.1. The molecule has 1 aromatic carbocycles. The van der Waals surface area contributed by atoms with Crippen LogP contribution in [0.5, 0.6) is 5.75 Å². The molecule has 1 aromatic rings. The lowest BCUT2D eigenvalue weighted by Crippen LogP contribution is -2.04. The van der Waals surface area contributed by atoms with Gasteiger partial charge in [0, 0.05) is 0 Å². The third-order valence-electron chi connectivity index (χ3n) is 1.82. The SMILES string of the molecule is C#CCOc1ccc(CC(=O)OC)cc1. The van der Waals surface area contributed by atoms with E-state index in [1.807, 2.05) is 12.1 Å². The van der Waals surface area contributed by atoms with E-state index in [2.05, 4.69) is 10.7 Å². The minimum Gasteiger partial charge on any atom is -0.481 e. The van der Waals surface area contributed by atoms with Crippen LogP contribution in [0.3, 0.4) is 0 Å². The molecule has 3 nitrogen and oxygen atoms in total. The van der Waals surface area contributed by atoms with Crippen LogP contribution >= 0.6 is 0 Å². The maximum atomic E-state index is 11.0. The van der Waals surface area contributed by atoms with E-state index in [9.17, 15) is 4.79 Å². The van der Waals surface area contributed by atoms with Crippen molar-refractivity contribution in [3.05, 3.63) is 29.8 Å². The zero-order valence-corrected chi connectivity index (χ0v) is 8.53. The summed E-state index contributed by atoms with van der Waals surface area (Å²) in [5.74, 6) is 2.81. The predicted octanol–water partition coefficient (Wildman–Crippen LogP) is 1.41. The Kier molecular flexibility index (Phi) is 4.24. The highest BCUT2D eigenvalue weighted by Crippen LogP contribution is 2.12. The highest BCUT2D eigenvalue weighted by molar-refractivity contribution is 5.72. The molecule has 0 radical (unpaired) electrons. The number of esters is 1. The summed E-state index contributed by atoms with van der Waals surface area (Å²) in [6.45, 7) is 0.246. The lowest BCUT2D eigenvalue weighted by atomic mass is 10.1. The molecule has 0 aliphatic rings. The van der Waals surface area contributed by atoms with E-state index in [1.54, 1.807) is 12.1 Å². The van der Waals surface area contributed by atoms with Gasteiger partial charge in [0.05, 0.1) is 13.5 Å². The van der Waals surface area contributed by atoms with Crippen LogP contribution in [0.15, 0.2) is 24.3 Å². The van der Waals surface area contributed by atoms with Crippen molar-refractivity contribution in [2.24, 2.45) is 0 Å². The Morgan fingerprint density at radius 1 is 1.40 bits per heavy atom. The molecule has 0 unspecified atom stereocenters. The molecule has 0 aromatic heterocycles. The first-order valence-corrected chi connectivity index (χ1v) is 4.48. The second-order valence-electron chi connectivity index (χ2n) is 2.89. The van der Waals surface area contributed by atoms with Crippen molar-refractivity contribution in [2.75, 3.05) is 13.7 Å². The van der Waals surface area contributed by atoms with Crippen LogP contribution in [-0.4, -0.2) is 19.7 Å².